The van der Waals surface area contributed by atoms with Gasteiger partial charge in [0.1, 0.15) is 0 Å². The first kappa shape index (κ1) is 5.19. The van der Waals surface area contributed by atoms with Crippen LogP contribution < -0.4 is 4.67 Å². The second-order valence-electron chi connectivity index (χ2n) is 0.890. The summed E-state index contributed by atoms with van der Waals surface area (Å²) >= 11 is 0. The average molecular weight is 82.1 g/mol. The van der Waals surface area contributed by atoms with E-state index >= 15 is 0 Å². The summed E-state index contributed by atoms with van der Waals surface area (Å²) in [6.45, 7) is 6.72. The number of allylic oxidation sites excluding steroid dienone is 1. The van der Waals surface area contributed by atoms with Crippen molar-refractivity contribution in [3.8, 4) is 0 Å². The largest absolute Gasteiger partial charge is 0.272 e. The molecule has 0 amide bonds. The van der Waals surface area contributed by atoms with Crippen molar-refractivity contribution in [3.05, 3.63) is 12.7 Å². The molecule has 0 radical (unpaired) electrons. The Morgan fingerprint density at radius 2 is 2.33 bits per heavy atom. The van der Waals surface area contributed by atoms with E-state index in [0.29, 0.717) is 0 Å². The first-order valence-electron chi connectivity index (χ1n) is 1.80. The van der Waals surface area contributed by atoms with Gasteiger partial charge in [-0.15, -0.1) is 11.2 Å². The molecule has 0 aliphatic heterocycles. The summed E-state index contributed by atoms with van der Waals surface area (Å²) in [5, 5.41) is 0. The number of rotatable bonds is 2. The van der Waals surface area contributed by atoms with Gasteiger partial charge < -0.3 is 0 Å². The molecule has 1 nitrogen and oxygen atoms in total. The maximum absolute atomic E-state index is 3.48. The van der Waals surface area contributed by atoms with Gasteiger partial charge in [0.2, 0.25) is 0 Å². The molecule has 0 fully saturated rings. The molecular formula is C5H8N+. The van der Waals surface area contributed by atoms with Crippen LogP contribution in [0, 0.1) is 0 Å². The van der Waals surface area contributed by atoms with E-state index in [0.717, 1.165) is 6.42 Å². The Kier molecular flexibility index (Phi) is 3.62. The van der Waals surface area contributed by atoms with Gasteiger partial charge in [0.25, 0.3) is 12.9 Å². The van der Waals surface area contributed by atoms with Gasteiger partial charge in [-0.1, -0.05) is 6.08 Å². The van der Waals surface area contributed by atoms with Crippen molar-refractivity contribution >= 4 is 12.9 Å². The third-order valence-corrected chi connectivity index (χ3v) is 0.401. The molecule has 0 spiro atoms. The Morgan fingerprint density at radius 3 is 2.50 bits per heavy atom. The molecule has 1 heteroatoms. The van der Waals surface area contributed by atoms with Crippen LogP contribution in [0.2, 0.25) is 0 Å². The molecule has 0 aromatic rings. The molecule has 0 aromatic carbocycles. The van der Waals surface area contributed by atoms with Crippen molar-refractivity contribution < 1.29 is 0 Å². The molecule has 6 heavy (non-hydrogen) atoms. The van der Waals surface area contributed by atoms with E-state index in [1.165, 1.54) is 0 Å². The third-order valence-electron chi connectivity index (χ3n) is 0.401. The fraction of sp³-hybridized carbons (Fsp3) is 0.200. The van der Waals surface area contributed by atoms with Crippen LogP contribution in [0.4, 0.5) is 0 Å². The SMILES string of the molecule is C=CCC=[N+]=C. The fourth-order valence-corrected chi connectivity index (χ4v) is 0.149. The third kappa shape index (κ3) is 3.19. The lowest BCUT2D eigenvalue weighted by Crippen LogP contribution is -1.69. The summed E-state index contributed by atoms with van der Waals surface area (Å²) in [5.74, 6) is 0. The molecule has 0 N–H and O–H groups in total. The minimum absolute atomic E-state index is 0.823. The van der Waals surface area contributed by atoms with Crippen LogP contribution in [0.25, 0.3) is 0 Å². The number of hydrogen-bond acceptors (Lipinski definition) is 0. The first-order chi connectivity index (χ1) is 2.91. The van der Waals surface area contributed by atoms with Gasteiger partial charge in [0.15, 0.2) is 0 Å². The zero-order valence-corrected chi connectivity index (χ0v) is 3.72. The smallest absolute Gasteiger partial charge is 0.114 e. The van der Waals surface area contributed by atoms with Crippen molar-refractivity contribution in [1.82, 2.24) is 4.67 Å². The normalized spacial score (nSPS) is 6.00. The molecule has 0 unspecified atom stereocenters. The average Bonchev–Trinajstić information content (AvgIpc) is 1.61. The highest BCUT2D eigenvalue weighted by molar-refractivity contribution is 5.59. The molecule has 0 heterocycles. The van der Waals surface area contributed by atoms with E-state index in [9.17, 15) is 0 Å². The predicted octanol–water partition coefficient (Wildman–Crippen LogP) is 0.401. The predicted molar refractivity (Wildman–Crippen MR) is 30.1 cm³/mol. The van der Waals surface area contributed by atoms with E-state index in [-0.39, 0.29) is 0 Å². The molecule has 0 aliphatic rings. The van der Waals surface area contributed by atoms with Crippen LogP contribution in [0.3, 0.4) is 0 Å². The summed E-state index contributed by atoms with van der Waals surface area (Å²) in [6.07, 6.45) is 4.30. The van der Waals surface area contributed by atoms with E-state index in [4.69, 9.17) is 0 Å². The standard InChI is InChI=1S/C5H8N/c1-3-4-5-6-2/h3,5H,1-2,4H2/q+1. The summed E-state index contributed by atoms with van der Waals surface area (Å²) in [6, 6.07) is 0. The summed E-state index contributed by atoms with van der Waals surface area (Å²) in [7, 11) is 0. The molecule has 0 aliphatic carbocycles. The van der Waals surface area contributed by atoms with Crippen molar-refractivity contribution in [2.45, 2.75) is 6.42 Å². The van der Waals surface area contributed by atoms with Gasteiger partial charge in [-0.05, 0) is 0 Å². The van der Waals surface area contributed by atoms with Crippen molar-refractivity contribution in [3.63, 3.8) is 0 Å². The highest BCUT2D eigenvalue weighted by Gasteiger charge is 1.68. The number of hydrogen-bond donors (Lipinski definition) is 0. The fourth-order valence-electron chi connectivity index (χ4n) is 0.149. The van der Waals surface area contributed by atoms with Gasteiger partial charge >= 0.3 is 0 Å². The maximum Gasteiger partial charge on any atom is 0.272 e. The van der Waals surface area contributed by atoms with Crippen molar-refractivity contribution in [1.29, 1.82) is 0 Å². The van der Waals surface area contributed by atoms with E-state index in [1.807, 2.05) is 0 Å². The molecular weight excluding hydrogens is 74.1 g/mol. The van der Waals surface area contributed by atoms with Gasteiger partial charge in [-0.3, -0.25) is 0 Å². The van der Waals surface area contributed by atoms with E-state index in [1.54, 1.807) is 12.3 Å². The minimum atomic E-state index is 0.823. The van der Waals surface area contributed by atoms with Crippen LogP contribution in [0.1, 0.15) is 6.42 Å². The second-order valence-corrected chi connectivity index (χ2v) is 0.890. The molecule has 0 bridgehead atoms. The Morgan fingerprint density at radius 1 is 1.67 bits per heavy atom. The number of nitrogens with zero attached hydrogens (tertiary/aromatic N) is 1. The molecule has 0 rings (SSSR count). The van der Waals surface area contributed by atoms with Gasteiger partial charge in [-0.25, -0.2) is 0 Å². The summed E-state index contributed by atoms with van der Waals surface area (Å²) in [5.41, 5.74) is 0. The second kappa shape index (κ2) is 4.19. The highest BCUT2D eigenvalue weighted by Crippen LogP contribution is 1.63. The van der Waals surface area contributed by atoms with Crippen LogP contribution in [0.5, 0.6) is 0 Å². The van der Waals surface area contributed by atoms with Gasteiger partial charge in [0.05, 0.1) is 6.42 Å². The topological polar surface area (TPSA) is 14.1 Å². The van der Waals surface area contributed by atoms with E-state index < -0.39 is 0 Å². The van der Waals surface area contributed by atoms with E-state index in [2.05, 4.69) is 18.0 Å². The zero-order valence-electron chi connectivity index (χ0n) is 3.72. The quantitative estimate of drug-likeness (QED) is 0.260. The Labute approximate surface area is 37.8 Å². The molecule has 0 saturated heterocycles. The lowest BCUT2D eigenvalue weighted by atomic mass is 10.5. The molecule has 0 atom stereocenters. The molecule has 32 valence electrons. The molecule has 0 aromatic heterocycles. The highest BCUT2D eigenvalue weighted by atomic mass is 14.5. The first-order valence-corrected chi connectivity index (χ1v) is 1.80. The monoisotopic (exact) mass is 82.1 g/mol. The van der Waals surface area contributed by atoms with Crippen LogP contribution in [-0.4, -0.2) is 12.9 Å². The summed E-state index contributed by atoms with van der Waals surface area (Å²) in [4.78, 5) is 0. The Bertz CT molecular complexity index is 77.9. The zero-order chi connectivity index (χ0) is 4.83. The van der Waals surface area contributed by atoms with Gasteiger partial charge in [0, 0.05) is 0 Å². The van der Waals surface area contributed by atoms with Crippen LogP contribution >= 0.6 is 0 Å². The Hall–Kier alpha value is -0.810. The maximum atomic E-state index is 3.48. The van der Waals surface area contributed by atoms with Crippen LogP contribution in [0.15, 0.2) is 12.7 Å². The van der Waals surface area contributed by atoms with Crippen molar-refractivity contribution in [2.24, 2.45) is 0 Å². The molecule has 0 saturated carbocycles. The lowest BCUT2D eigenvalue weighted by molar-refractivity contribution is 1.52. The summed E-state index contributed by atoms with van der Waals surface area (Å²) < 4.78 is 3.48. The Balaban J connectivity index is 3.07. The van der Waals surface area contributed by atoms with Crippen molar-refractivity contribution in [2.75, 3.05) is 0 Å². The lowest BCUT2D eigenvalue weighted by Gasteiger charge is -1.55. The van der Waals surface area contributed by atoms with Gasteiger partial charge in [-0.2, -0.15) is 0 Å². The minimum Gasteiger partial charge on any atom is -0.114 e. The van der Waals surface area contributed by atoms with Crippen LogP contribution in [-0.2, 0) is 0 Å².